The van der Waals surface area contributed by atoms with Gasteiger partial charge in [0.1, 0.15) is 23.2 Å². The van der Waals surface area contributed by atoms with Crippen molar-refractivity contribution in [2.75, 3.05) is 4.90 Å². The molecule has 0 spiro atoms. The van der Waals surface area contributed by atoms with Crippen LogP contribution >= 0.6 is 0 Å². The summed E-state index contributed by atoms with van der Waals surface area (Å²) in [6.45, 7) is 4.30. The van der Waals surface area contributed by atoms with Crippen molar-refractivity contribution in [3.8, 4) is 23.0 Å². The molecule has 10 rings (SSSR count). The van der Waals surface area contributed by atoms with Crippen molar-refractivity contribution in [1.82, 2.24) is 20.7 Å². The molecule has 1 saturated carbocycles. The molecule has 5 aliphatic heterocycles. The van der Waals surface area contributed by atoms with Crippen molar-refractivity contribution in [2.24, 2.45) is 16.1 Å². The van der Waals surface area contributed by atoms with E-state index < -0.39 is 0 Å². The molecule has 4 aromatic carbocycles. The summed E-state index contributed by atoms with van der Waals surface area (Å²) in [5, 5.41) is 9.54. The Morgan fingerprint density at radius 2 is 1.18 bits per heavy atom. The number of nitrogens with zero attached hydrogens (tertiary/aromatic N) is 5. The summed E-state index contributed by atoms with van der Waals surface area (Å²) in [5.74, 6) is 6.61. The van der Waals surface area contributed by atoms with Gasteiger partial charge in [-0.3, -0.25) is 10.9 Å². The topological polar surface area (TPSA) is 77.0 Å². The van der Waals surface area contributed by atoms with Crippen molar-refractivity contribution in [3.05, 3.63) is 108 Å². The summed E-state index contributed by atoms with van der Waals surface area (Å²) >= 11 is 0. The predicted octanol–water partition coefficient (Wildman–Crippen LogP) is 7.50. The number of nitrogens with one attached hydrogen (secondary N) is 2. The van der Waals surface area contributed by atoms with Gasteiger partial charge >= 0.3 is 0 Å². The van der Waals surface area contributed by atoms with Crippen LogP contribution in [0.3, 0.4) is 0 Å². The molecule has 1 aliphatic carbocycles. The highest BCUT2D eigenvalue weighted by Crippen LogP contribution is 2.53. The lowest BCUT2D eigenvalue weighted by atomic mass is 9.70. The van der Waals surface area contributed by atoms with Gasteiger partial charge in [-0.1, -0.05) is 60.7 Å². The van der Waals surface area contributed by atoms with Crippen LogP contribution in [0.15, 0.2) is 107 Å². The molecule has 7 atom stereocenters. The Balaban J connectivity index is 1.09. The average Bonchev–Trinajstić information content (AvgIpc) is 3.71. The van der Waals surface area contributed by atoms with E-state index in [4.69, 9.17) is 19.7 Å². The van der Waals surface area contributed by atoms with Crippen LogP contribution in [0.4, 0.5) is 11.4 Å². The van der Waals surface area contributed by atoms with Crippen molar-refractivity contribution >= 4 is 23.0 Å². The maximum Gasteiger partial charge on any atom is 0.157 e. The normalized spacial score (nSPS) is 28.9. The molecular weight excluding hydrogens is 610 g/mol. The van der Waals surface area contributed by atoms with Crippen molar-refractivity contribution in [3.63, 3.8) is 0 Å². The summed E-state index contributed by atoms with van der Waals surface area (Å²) in [6, 6.07) is 35.1. The average molecular weight is 652 g/mol. The zero-order chi connectivity index (χ0) is 32.6. The van der Waals surface area contributed by atoms with Crippen molar-refractivity contribution < 1.29 is 9.47 Å². The number of benzene rings is 4. The van der Waals surface area contributed by atoms with E-state index in [0.717, 1.165) is 78.1 Å². The second kappa shape index (κ2) is 11.2. The van der Waals surface area contributed by atoms with E-state index in [-0.39, 0.29) is 24.4 Å². The summed E-state index contributed by atoms with van der Waals surface area (Å²) in [7, 11) is 0. The molecule has 248 valence electrons. The first-order valence-electron chi connectivity index (χ1n) is 17.8. The molecule has 49 heavy (non-hydrogen) atoms. The van der Waals surface area contributed by atoms with E-state index in [0.29, 0.717) is 17.9 Å². The van der Waals surface area contributed by atoms with Gasteiger partial charge < -0.3 is 24.2 Å². The molecular formula is C40H41N7O2. The summed E-state index contributed by atoms with van der Waals surface area (Å²) < 4.78 is 13.2. The number of fused-ring (bicyclic) bond motifs is 10. The van der Waals surface area contributed by atoms with E-state index in [1.165, 1.54) is 11.1 Å². The molecule has 2 N–H and O–H groups in total. The highest BCUT2D eigenvalue weighted by atomic mass is 16.5. The Bertz CT molecular complexity index is 1950. The van der Waals surface area contributed by atoms with Gasteiger partial charge in [0.05, 0.1) is 23.5 Å². The summed E-state index contributed by atoms with van der Waals surface area (Å²) in [6.07, 6.45) is 5.19. The highest BCUT2D eigenvalue weighted by molar-refractivity contribution is 5.85. The van der Waals surface area contributed by atoms with E-state index >= 15 is 0 Å². The second-order valence-electron chi connectivity index (χ2n) is 14.3. The number of hydrogen-bond donors (Lipinski definition) is 2. The lowest BCUT2D eigenvalue weighted by molar-refractivity contribution is -0.0286. The third-order valence-electron chi connectivity index (χ3n) is 11.8. The Morgan fingerprint density at radius 1 is 0.633 bits per heavy atom. The van der Waals surface area contributed by atoms with Crippen LogP contribution in [0.1, 0.15) is 56.6 Å². The van der Waals surface area contributed by atoms with Gasteiger partial charge in [0.15, 0.2) is 23.8 Å². The number of hydrazone groups is 2. The maximum absolute atomic E-state index is 6.67. The number of rotatable bonds is 3. The zero-order valence-corrected chi connectivity index (χ0v) is 27.9. The molecule has 4 aromatic rings. The number of anilines is 2. The molecule has 7 unspecified atom stereocenters. The van der Waals surface area contributed by atoms with E-state index in [9.17, 15) is 0 Å². The monoisotopic (exact) mass is 651 g/mol. The number of hydrogen-bond acceptors (Lipinski definition) is 9. The van der Waals surface area contributed by atoms with Crippen LogP contribution in [0.2, 0.25) is 0 Å². The highest BCUT2D eigenvalue weighted by Gasteiger charge is 2.57. The number of aryl methyl sites for hydroxylation is 1. The van der Waals surface area contributed by atoms with Gasteiger partial charge in [0, 0.05) is 6.04 Å². The Kier molecular flexibility index (Phi) is 6.57. The standard InChI is InChI=1S/C40H41N7O2/c1-24-41-43-39-40-44-42-25(2)46(40)34-23-32(47-30-13-5-9-17-37(30)49-38-18-10-6-14-31(38)47)28(22-33(34)45(24)39)21-27-20-19-26-11-3-7-15-35(26)48-36-16-8-4-12-29(27)36/h3-18,27-28,32-34,39-40,43-44H,19-23H2,1-2H3. The van der Waals surface area contributed by atoms with Gasteiger partial charge in [-0.25, -0.2) is 0 Å². The lowest BCUT2D eigenvalue weighted by Gasteiger charge is -2.58. The molecule has 0 amide bonds. The van der Waals surface area contributed by atoms with Crippen molar-refractivity contribution in [1.29, 1.82) is 0 Å². The third-order valence-corrected chi connectivity index (χ3v) is 11.8. The van der Waals surface area contributed by atoms with Crippen LogP contribution in [0, 0.1) is 5.92 Å². The van der Waals surface area contributed by atoms with Gasteiger partial charge in [0.25, 0.3) is 0 Å². The van der Waals surface area contributed by atoms with Crippen LogP contribution in [-0.2, 0) is 6.42 Å². The number of piperazine rings is 1. The van der Waals surface area contributed by atoms with Crippen molar-refractivity contribution in [2.45, 2.75) is 82.3 Å². The first kappa shape index (κ1) is 28.8. The predicted molar refractivity (Wildman–Crippen MR) is 192 cm³/mol. The van der Waals surface area contributed by atoms with Crippen LogP contribution < -0.4 is 25.2 Å². The molecule has 9 heteroatoms. The van der Waals surface area contributed by atoms with Gasteiger partial charge in [-0.05, 0) is 105 Å². The van der Waals surface area contributed by atoms with Crippen LogP contribution in [0.25, 0.3) is 0 Å². The fraction of sp³-hybridized carbons (Fsp3) is 0.350. The summed E-state index contributed by atoms with van der Waals surface area (Å²) in [5.41, 5.74) is 11.8. The minimum Gasteiger partial charge on any atom is -0.457 e. The van der Waals surface area contributed by atoms with E-state index in [2.05, 4.69) is 136 Å². The minimum absolute atomic E-state index is 0.0265. The van der Waals surface area contributed by atoms with E-state index in [1.54, 1.807) is 0 Å². The molecule has 5 heterocycles. The van der Waals surface area contributed by atoms with Crippen LogP contribution in [-0.4, -0.2) is 51.9 Å². The molecule has 0 radical (unpaired) electrons. The number of para-hydroxylation sites is 6. The first-order chi connectivity index (χ1) is 24.1. The third kappa shape index (κ3) is 4.51. The number of ether oxygens (including phenoxy) is 2. The maximum atomic E-state index is 6.67. The SMILES string of the molecule is CC1=NNC2C3NN=C(C)N3C3CC(N4c5ccccc5Oc5ccccc54)C(CC4CCc5ccccc5Oc5ccccc54)CC3N12. The van der Waals surface area contributed by atoms with Gasteiger partial charge in [0.2, 0.25) is 0 Å². The molecule has 0 aromatic heterocycles. The fourth-order valence-electron chi connectivity index (χ4n) is 9.71. The quantitative estimate of drug-likeness (QED) is 0.238. The molecule has 1 saturated heterocycles. The largest absolute Gasteiger partial charge is 0.457 e. The Morgan fingerprint density at radius 3 is 1.88 bits per heavy atom. The minimum atomic E-state index is 0.0265. The first-order valence-corrected chi connectivity index (χ1v) is 17.8. The second-order valence-corrected chi connectivity index (χ2v) is 14.3. The Labute approximate surface area is 287 Å². The van der Waals surface area contributed by atoms with Gasteiger partial charge in [-0.2, -0.15) is 10.2 Å². The Hall–Kier alpha value is -5.18. The van der Waals surface area contributed by atoms with Gasteiger partial charge in [-0.15, -0.1) is 0 Å². The number of amidine groups is 2. The molecule has 2 fully saturated rings. The van der Waals surface area contributed by atoms with Crippen LogP contribution in [0.5, 0.6) is 23.0 Å². The smallest absolute Gasteiger partial charge is 0.157 e. The summed E-state index contributed by atoms with van der Waals surface area (Å²) in [4.78, 5) is 7.73. The molecule has 9 nitrogen and oxygen atoms in total. The fourth-order valence-corrected chi connectivity index (χ4v) is 9.71. The zero-order valence-electron chi connectivity index (χ0n) is 27.9. The van der Waals surface area contributed by atoms with E-state index in [1.807, 2.05) is 0 Å². The molecule has 0 bridgehead atoms. The lowest BCUT2D eigenvalue weighted by Crippen LogP contribution is -2.74. The molecule has 6 aliphatic rings.